The molecule has 2 aromatic heterocycles. The van der Waals surface area contributed by atoms with Gasteiger partial charge >= 0.3 is 0 Å². The SMILES string of the molecule is Cc1ccc(OCCSc2nnc(-c3ccncc3)n2-c2ccc(C)cc2)cc1. The first-order chi connectivity index (χ1) is 14.2. The van der Waals surface area contributed by atoms with Crippen molar-refractivity contribution < 1.29 is 4.74 Å². The van der Waals surface area contributed by atoms with Crippen molar-refractivity contribution >= 4 is 11.8 Å². The van der Waals surface area contributed by atoms with Gasteiger partial charge in [-0.3, -0.25) is 9.55 Å². The Labute approximate surface area is 174 Å². The van der Waals surface area contributed by atoms with Crippen molar-refractivity contribution in [3.05, 3.63) is 84.2 Å². The van der Waals surface area contributed by atoms with Crippen LogP contribution in [0.2, 0.25) is 0 Å². The Hall–Kier alpha value is -3.12. The van der Waals surface area contributed by atoms with Gasteiger partial charge in [-0.05, 0) is 50.2 Å². The summed E-state index contributed by atoms with van der Waals surface area (Å²) in [5.41, 5.74) is 4.46. The van der Waals surface area contributed by atoms with Crippen LogP contribution in [0.25, 0.3) is 17.1 Å². The van der Waals surface area contributed by atoms with Gasteiger partial charge in [-0.2, -0.15) is 0 Å². The van der Waals surface area contributed by atoms with Gasteiger partial charge in [-0.25, -0.2) is 0 Å². The van der Waals surface area contributed by atoms with Crippen LogP contribution in [0.1, 0.15) is 11.1 Å². The molecule has 0 amide bonds. The molecule has 0 radical (unpaired) electrons. The Bertz CT molecular complexity index is 1060. The van der Waals surface area contributed by atoms with Crippen LogP contribution in [-0.2, 0) is 0 Å². The monoisotopic (exact) mass is 402 g/mol. The molecule has 0 bridgehead atoms. The minimum absolute atomic E-state index is 0.596. The second-order valence-electron chi connectivity index (χ2n) is 6.72. The number of nitrogens with zero attached hydrogens (tertiary/aromatic N) is 4. The third-order valence-corrected chi connectivity index (χ3v) is 5.36. The zero-order valence-corrected chi connectivity index (χ0v) is 17.3. The van der Waals surface area contributed by atoms with E-state index in [2.05, 4.69) is 70.0 Å². The molecule has 0 aliphatic heterocycles. The summed E-state index contributed by atoms with van der Waals surface area (Å²) >= 11 is 1.63. The van der Waals surface area contributed by atoms with E-state index in [1.165, 1.54) is 11.1 Å². The summed E-state index contributed by atoms with van der Waals surface area (Å²) in [7, 11) is 0. The number of pyridine rings is 1. The van der Waals surface area contributed by atoms with Gasteiger partial charge in [-0.15, -0.1) is 10.2 Å². The lowest BCUT2D eigenvalue weighted by molar-refractivity contribution is 0.344. The number of aryl methyl sites for hydroxylation is 2. The molecule has 4 aromatic rings. The molecule has 5 nitrogen and oxygen atoms in total. The topological polar surface area (TPSA) is 52.8 Å². The van der Waals surface area contributed by atoms with E-state index in [0.29, 0.717) is 6.61 Å². The standard InChI is InChI=1S/C23H22N4OS/c1-17-3-7-20(8-4-17)27-22(19-11-13-24-14-12-19)25-26-23(27)29-16-15-28-21-9-5-18(2)6-10-21/h3-14H,15-16H2,1-2H3. The number of hydrogen-bond acceptors (Lipinski definition) is 5. The van der Waals surface area contributed by atoms with E-state index >= 15 is 0 Å². The zero-order valence-electron chi connectivity index (χ0n) is 16.4. The molecular weight excluding hydrogens is 380 g/mol. The van der Waals surface area contributed by atoms with Crippen LogP contribution in [0.3, 0.4) is 0 Å². The predicted octanol–water partition coefficient (Wildman–Crippen LogP) is 5.12. The minimum atomic E-state index is 0.596. The van der Waals surface area contributed by atoms with Crippen LogP contribution in [0.15, 0.2) is 78.2 Å². The van der Waals surface area contributed by atoms with Crippen LogP contribution >= 0.6 is 11.8 Å². The number of benzene rings is 2. The summed E-state index contributed by atoms with van der Waals surface area (Å²) in [5, 5.41) is 9.74. The molecule has 0 spiro atoms. The number of ether oxygens (including phenoxy) is 1. The Morgan fingerprint density at radius 2 is 1.48 bits per heavy atom. The average Bonchev–Trinajstić information content (AvgIpc) is 3.17. The van der Waals surface area contributed by atoms with Crippen molar-refractivity contribution in [2.24, 2.45) is 0 Å². The fraction of sp³-hybridized carbons (Fsp3) is 0.174. The van der Waals surface area contributed by atoms with E-state index in [1.54, 1.807) is 24.2 Å². The van der Waals surface area contributed by atoms with E-state index < -0.39 is 0 Å². The Morgan fingerprint density at radius 1 is 0.828 bits per heavy atom. The smallest absolute Gasteiger partial charge is 0.196 e. The summed E-state index contributed by atoms with van der Waals surface area (Å²) < 4.78 is 7.94. The Balaban J connectivity index is 1.54. The van der Waals surface area contributed by atoms with Crippen molar-refractivity contribution in [3.63, 3.8) is 0 Å². The van der Waals surface area contributed by atoms with Crippen LogP contribution < -0.4 is 4.74 Å². The molecule has 2 heterocycles. The zero-order chi connectivity index (χ0) is 20.1. The van der Waals surface area contributed by atoms with Gasteiger partial charge in [0, 0.05) is 29.4 Å². The van der Waals surface area contributed by atoms with E-state index in [-0.39, 0.29) is 0 Å². The third kappa shape index (κ3) is 4.66. The molecule has 0 atom stereocenters. The van der Waals surface area contributed by atoms with Crippen molar-refractivity contribution in [2.45, 2.75) is 19.0 Å². The van der Waals surface area contributed by atoms with Gasteiger partial charge in [-0.1, -0.05) is 47.2 Å². The molecule has 0 aliphatic carbocycles. The quantitative estimate of drug-likeness (QED) is 0.317. The summed E-state index contributed by atoms with van der Waals surface area (Å²) in [6.07, 6.45) is 3.54. The van der Waals surface area contributed by atoms with Crippen LogP contribution in [0.5, 0.6) is 5.75 Å². The highest BCUT2D eigenvalue weighted by molar-refractivity contribution is 7.99. The van der Waals surface area contributed by atoms with Crippen LogP contribution in [0.4, 0.5) is 0 Å². The van der Waals surface area contributed by atoms with E-state index in [0.717, 1.165) is 33.7 Å². The van der Waals surface area contributed by atoms with E-state index in [1.807, 2.05) is 24.3 Å². The van der Waals surface area contributed by atoms with Gasteiger partial charge in [0.05, 0.1) is 6.61 Å². The lowest BCUT2D eigenvalue weighted by atomic mass is 10.2. The van der Waals surface area contributed by atoms with Gasteiger partial charge < -0.3 is 4.74 Å². The van der Waals surface area contributed by atoms with E-state index in [9.17, 15) is 0 Å². The minimum Gasteiger partial charge on any atom is -0.493 e. The maximum Gasteiger partial charge on any atom is 0.196 e. The molecule has 2 aromatic carbocycles. The summed E-state index contributed by atoms with van der Waals surface area (Å²) in [4.78, 5) is 4.11. The third-order valence-electron chi connectivity index (χ3n) is 4.47. The van der Waals surface area contributed by atoms with E-state index in [4.69, 9.17) is 4.74 Å². The average molecular weight is 403 g/mol. The molecule has 0 N–H and O–H groups in total. The number of rotatable bonds is 7. The Morgan fingerprint density at radius 3 is 2.17 bits per heavy atom. The Kier molecular flexibility index (Phi) is 5.91. The molecule has 0 unspecified atom stereocenters. The summed E-state index contributed by atoms with van der Waals surface area (Å²) in [5.74, 6) is 2.46. The maximum absolute atomic E-state index is 5.85. The van der Waals surface area contributed by atoms with Gasteiger partial charge in [0.2, 0.25) is 0 Å². The largest absolute Gasteiger partial charge is 0.493 e. The fourth-order valence-corrected chi connectivity index (χ4v) is 3.67. The summed E-state index contributed by atoms with van der Waals surface area (Å²) in [6, 6.07) is 20.4. The lowest BCUT2D eigenvalue weighted by Gasteiger charge is -2.11. The highest BCUT2D eigenvalue weighted by atomic mass is 32.2. The fourth-order valence-electron chi connectivity index (χ4n) is 2.90. The molecule has 0 fully saturated rings. The molecule has 0 saturated heterocycles. The van der Waals surface area contributed by atoms with Gasteiger partial charge in [0.15, 0.2) is 11.0 Å². The van der Waals surface area contributed by atoms with Crippen molar-refractivity contribution in [3.8, 4) is 22.8 Å². The molecule has 29 heavy (non-hydrogen) atoms. The molecule has 6 heteroatoms. The molecule has 0 aliphatic rings. The second kappa shape index (κ2) is 8.92. The highest BCUT2D eigenvalue weighted by Gasteiger charge is 2.16. The molecule has 0 saturated carbocycles. The van der Waals surface area contributed by atoms with Gasteiger partial charge in [0.25, 0.3) is 0 Å². The first-order valence-corrected chi connectivity index (χ1v) is 10.4. The van der Waals surface area contributed by atoms with Crippen LogP contribution in [-0.4, -0.2) is 32.1 Å². The summed E-state index contributed by atoms with van der Waals surface area (Å²) in [6.45, 7) is 4.74. The van der Waals surface area contributed by atoms with Crippen molar-refractivity contribution in [1.29, 1.82) is 0 Å². The van der Waals surface area contributed by atoms with Crippen LogP contribution in [0, 0.1) is 13.8 Å². The van der Waals surface area contributed by atoms with Crippen molar-refractivity contribution in [2.75, 3.05) is 12.4 Å². The number of aromatic nitrogens is 4. The molecule has 4 rings (SSSR count). The number of hydrogen-bond donors (Lipinski definition) is 0. The highest BCUT2D eigenvalue weighted by Crippen LogP contribution is 2.28. The lowest BCUT2D eigenvalue weighted by Crippen LogP contribution is -2.03. The number of thioether (sulfide) groups is 1. The first kappa shape index (κ1) is 19.2. The molecule has 146 valence electrons. The van der Waals surface area contributed by atoms with Gasteiger partial charge in [0.1, 0.15) is 5.75 Å². The van der Waals surface area contributed by atoms with Crippen molar-refractivity contribution in [1.82, 2.24) is 19.7 Å². The molecular formula is C23H22N4OS. The maximum atomic E-state index is 5.85. The second-order valence-corrected chi connectivity index (χ2v) is 7.79. The normalized spacial score (nSPS) is 10.8. The first-order valence-electron chi connectivity index (χ1n) is 9.46. The predicted molar refractivity (Wildman–Crippen MR) is 117 cm³/mol.